The van der Waals surface area contributed by atoms with Gasteiger partial charge in [0.25, 0.3) is 0 Å². The second-order valence-corrected chi connectivity index (χ2v) is 6.81. The summed E-state index contributed by atoms with van der Waals surface area (Å²) in [6.45, 7) is 1.08. The predicted molar refractivity (Wildman–Crippen MR) is 89.2 cm³/mol. The Bertz CT molecular complexity index is 574. The zero-order valence-corrected chi connectivity index (χ0v) is 14.1. The summed E-state index contributed by atoms with van der Waals surface area (Å²) in [6, 6.07) is 10.0. The highest BCUT2D eigenvalue weighted by atomic mass is 16.6. The summed E-state index contributed by atoms with van der Waals surface area (Å²) in [4.78, 5) is 25.8. The number of carbonyl (C=O) groups is 2. The number of esters is 1. The van der Waals surface area contributed by atoms with Gasteiger partial charge in [0.1, 0.15) is 6.61 Å². The highest BCUT2D eigenvalue weighted by molar-refractivity contribution is 5.70. The van der Waals surface area contributed by atoms with Gasteiger partial charge >= 0.3 is 12.1 Å². The molecule has 130 valence electrons. The largest absolute Gasteiger partial charge is 0.469 e. The molecule has 0 bridgehead atoms. The molecule has 0 radical (unpaired) electrons. The molecule has 5 nitrogen and oxygen atoms in total. The number of ether oxygens (including phenoxy) is 2. The van der Waals surface area contributed by atoms with Crippen LogP contribution in [0.1, 0.15) is 37.7 Å². The molecule has 1 heterocycles. The number of nitrogens with zero attached hydrogens (tertiary/aromatic N) is 1. The maximum Gasteiger partial charge on any atom is 0.410 e. The Hall–Kier alpha value is -2.04. The Morgan fingerprint density at radius 1 is 1.17 bits per heavy atom. The first kappa shape index (κ1) is 16.8. The first-order valence-electron chi connectivity index (χ1n) is 8.71. The third-order valence-corrected chi connectivity index (χ3v) is 5.31. The number of carbonyl (C=O) groups excluding carboxylic acids is 2. The smallest absolute Gasteiger partial charge is 0.410 e. The molecule has 3 atom stereocenters. The highest BCUT2D eigenvalue weighted by Crippen LogP contribution is 2.40. The second-order valence-electron chi connectivity index (χ2n) is 6.81. The molecular formula is C19H25NO4. The molecule has 5 heteroatoms. The van der Waals surface area contributed by atoms with Crippen LogP contribution in [0.15, 0.2) is 30.3 Å². The van der Waals surface area contributed by atoms with Crippen LogP contribution in [0.5, 0.6) is 0 Å². The van der Waals surface area contributed by atoms with Crippen molar-refractivity contribution in [1.82, 2.24) is 4.90 Å². The monoisotopic (exact) mass is 331 g/mol. The molecule has 0 N–H and O–H groups in total. The molecule has 1 aromatic rings. The average Bonchev–Trinajstić information content (AvgIpc) is 3.03. The van der Waals surface area contributed by atoms with Gasteiger partial charge < -0.3 is 14.4 Å². The molecule has 3 unspecified atom stereocenters. The molecule has 0 aromatic heterocycles. The van der Waals surface area contributed by atoms with Crippen molar-refractivity contribution >= 4 is 12.1 Å². The van der Waals surface area contributed by atoms with E-state index in [-0.39, 0.29) is 18.1 Å². The molecule has 2 aliphatic rings. The van der Waals surface area contributed by atoms with E-state index in [2.05, 4.69) is 0 Å². The van der Waals surface area contributed by atoms with Crippen LogP contribution in [0, 0.1) is 11.8 Å². The van der Waals surface area contributed by atoms with Crippen LogP contribution in [0.25, 0.3) is 0 Å². The zero-order valence-electron chi connectivity index (χ0n) is 14.1. The van der Waals surface area contributed by atoms with Crippen molar-refractivity contribution in [3.05, 3.63) is 35.9 Å². The van der Waals surface area contributed by atoms with Crippen LogP contribution in [-0.4, -0.2) is 36.7 Å². The van der Waals surface area contributed by atoms with Crippen molar-refractivity contribution in [2.45, 2.75) is 44.8 Å². The van der Waals surface area contributed by atoms with Crippen molar-refractivity contribution in [1.29, 1.82) is 0 Å². The summed E-state index contributed by atoms with van der Waals surface area (Å²) in [6.07, 6.45) is 4.21. The first-order chi connectivity index (χ1) is 11.7. The van der Waals surface area contributed by atoms with Crippen molar-refractivity contribution in [2.24, 2.45) is 11.8 Å². The van der Waals surface area contributed by atoms with Crippen LogP contribution in [-0.2, 0) is 20.9 Å². The molecule has 24 heavy (non-hydrogen) atoms. The van der Waals surface area contributed by atoms with Gasteiger partial charge in [0, 0.05) is 19.0 Å². The third-order valence-electron chi connectivity index (χ3n) is 5.31. The molecule has 1 aliphatic heterocycles. The molecule has 1 aliphatic carbocycles. The van der Waals surface area contributed by atoms with Crippen molar-refractivity contribution in [2.75, 3.05) is 13.7 Å². The Morgan fingerprint density at radius 2 is 1.96 bits per heavy atom. The van der Waals surface area contributed by atoms with E-state index in [4.69, 9.17) is 9.47 Å². The van der Waals surface area contributed by atoms with E-state index in [1.54, 1.807) is 0 Å². The van der Waals surface area contributed by atoms with E-state index < -0.39 is 0 Å². The van der Waals surface area contributed by atoms with Crippen LogP contribution in [0.2, 0.25) is 0 Å². The molecule has 2 fully saturated rings. The van der Waals surface area contributed by atoms with Crippen LogP contribution in [0.4, 0.5) is 4.79 Å². The second kappa shape index (κ2) is 7.69. The lowest BCUT2D eigenvalue weighted by Crippen LogP contribution is -2.41. The van der Waals surface area contributed by atoms with E-state index in [9.17, 15) is 9.59 Å². The fourth-order valence-electron chi connectivity index (χ4n) is 4.07. The fourth-order valence-corrected chi connectivity index (χ4v) is 4.07. The number of methoxy groups -OCH3 is 1. The van der Waals surface area contributed by atoms with E-state index >= 15 is 0 Å². The minimum absolute atomic E-state index is 0.129. The first-order valence-corrected chi connectivity index (χ1v) is 8.71. The normalized spacial score (nSPS) is 25.9. The summed E-state index contributed by atoms with van der Waals surface area (Å²) in [5.74, 6) is 0.743. The van der Waals surface area contributed by atoms with E-state index in [1.165, 1.54) is 7.11 Å². The molecule has 1 saturated heterocycles. The lowest BCUT2D eigenvalue weighted by molar-refractivity contribution is -0.142. The molecule has 1 amide bonds. The van der Waals surface area contributed by atoms with Gasteiger partial charge in [0.2, 0.25) is 0 Å². The average molecular weight is 331 g/mol. The number of benzene rings is 1. The van der Waals surface area contributed by atoms with Gasteiger partial charge in [0.15, 0.2) is 0 Å². The van der Waals surface area contributed by atoms with E-state index in [0.717, 1.165) is 37.8 Å². The number of hydrogen-bond acceptors (Lipinski definition) is 4. The van der Waals surface area contributed by atoms with Gasteiger partial charge in [-0.3, -0.25) is 4.79 Å². The van der Waals surface area contributed by atoms with Gasteiger partial charge in [-0.2, -0.15) is 0 Å². The quantitative estimate of drug-likeness (QED) is 0.794. The highest BCUT2D eigenvalue weighted by Gasteiger charge is 2.41. The molecule has 3 rings (SSSR count). The summed E-state index contributed by atoms with van der Waals surface area (Å²) < 4.78 is 10.3. The standard InChI is InChI=1S/C19H25NO4/c1-23-18(21)12-15-7-8-17-16(11-15)9-10-20(17)19(22)24-13-14-5-3-2-4-6-14/h2-6,15-17H,7-13H2,1H3. The van der Waals surface area contributed by atoms with Gasteiger partial charge in [0.05, 0.1) is 7.11 Å². The van der Waals surface area contributed by atoms with Gasteiger partial charge in [-0.05, 0) is 43.1 Å². The maximum absolute atomic E-state index is 12.4. The van der Waals surface area contributed by atoms with Crippen LogP contribution in [0.3, 0.4) is 0 Å². The third kappa shape index (κ3) is 3.89. The number of rotatable bonds is 4. The van der Waals surface area contributed by atoms with Crippen molar-refractivity contribution in [3.63, 3.8) is 0 Å². The SMILES string of the molecule is COC(=O)CC1CCC2C(CCN2C(=O)OCc2ccccc2)C1. The number of likely N-dealkylation sites (tertiary alicyclic amines) is 1. The number of amides is 1. The van der Waals surface area contributed by atoms with Gasteiger partial charge in [-0.1, -0.05) is 30.3 Å². The minimum atomic E-state index is -0.210. The van der Waals surface area contributed by atoms with Crippen molar-refractivity contribution < 1.29 is 19.1 Å². The molecule has 1 aromatic carbocycles. The lowest BCUT2D eigenvalue weighted by atomic mass is 9.77. The maximum atomic E-state index is 12.4. The number of hydrogen-bond donors (Lipinski definition) is 0. The van der Waals surface area contributed by atoms with E-state index in [1.807, 2.05) is 35.2 Å². The van der Waals surface area contributed by atoms with Crippen LogP contribution < -0.4 is 0 Å². The summed E-state index contributed by atoms with van der Waals surface area (Å²) in [5, 5.41) is 0. The summed E-state index contributed by atoms with van der Waals surface area (Å²) in [5.41, 5.74) is 1.00. The minimum Gasteiger partial charge on any atom is -0.469 e. The Labute approximate surface area is 142 Å². The van der Waals surface area contributed by atoms with Gasteiger partial charge in [-0.15, -0.1) is 0 Å². The summed E-state index contributed by atoms with van der Waals surface area (Å²) >= 11 is 0. The lowest BCUT2D eigenvalue weighted by Gasteiger charge is -2.34. The predicted octanol–water partition coefficient (Wildman–Crippen LogP) is 3.38. The van der Waals surface area contributed by atoms with Crippen molar-refractivity contribution in [3.8, 4) is 0 Å². The number of fused-ring (bicyclic) bond motifs is 1. The topological polar surface area (TPSA) is 55.8 Å². The molecule has 0 spiro atoms. The molecule has 1 saturated carbocycles. The Morgan fingerprint density at radius 3 is 2.71 bits per heavy atom. The summed E-state index contributed by atoms with van der Waals surface area (Å²) in [7, 11) is 1.44. The Balaban J connectivity index is 1.50. The van der Waals surface area contributed by atoms with Gasteiger partial charge in [-0.25, -0.2) is 4.79 Å². The zero-order chi connectivity index (χ0) is 16.9. The van der Waals surface area contributed by atoms with Crippen LogP contribution >= 0.6 is 0 Å². The molecular weight excluding hydrogens is 306 g/mol. The van der Waals surface area contributed by atoms with E-state index in [0.29, 0.717) is 24.9 Å². The fraction of sp³-hybridized carbons (Fsp3) is 0.579. The Kier molecular flexibility index (Phi) is 5.38.